The maximum atomic E-state index is 12.0. The highest BCUT2D eigenvalue weighted by Gasteiger charge is 2.41. The molecule has 9 heteroatoms. The Morgan fingerprint density at radius 1 is 1.15 bits per heavy atom. The van der Waals surface area contributed by atoms with E-state index in [0.717, 1.165) is 13.1 Å². The molecule has 0 aromatic heterocycles. The van der Waals surface area contributed by atoms with Crippen LogP contribution in [0.1, 0.15) is 41.5 Å². The van der Waals surface area contributed by atoms with E-state index in [9.17, 15) is 13.2 Å². The van der Waals surface area contributed by atoms with Gasteiger partial charge < -0.3 is 9.16 Å². The van der Waals surface area contributed by atoms with Gasteiger partial charge >= 0.3 is 5.97 Å². The van der Waals surface area contributed by atoms with Gasteiger partial charge in [-0.3, -0.25) is 9.69 Å². The van der Waals surface area contributed by atoms with Crippen LogP contribution in [0, 0.1) is 0 Å². The average Bonchev–Trinajstić information content (AvgIpc) is 2.35. The van der Waals surface area contributed by atoms with E-state index in [0.29, 0.717) is 6.54 Å². The van der Waals surface area contributed by atoms with Crippen molar-refractivity contribution in [2.24, 2.45) is 0 Å². The monoisotopic (exact) mass is 408 g/mol. The minimum absolute atomic E-state index is 0.0391. The number of sulfonamides is 1. The van der Waals surface area contributed by atoms with Crippen LogP contribution < -0.4 is 4.72 Å². The topological polar surface area (TPSA) is 84.9 Å². The summed E-state index contributed by atoms with van der Waals surface area (Å²) < 4.78 is 37.7. The molecule has 0 aromatic rings. The van der Waals surface area contributed by atoms with E-state index >= 15 is 0 Å². The highest BCUT2D eigenvalue weighted by Crippen LogP contribution is 2.38. The van der Waals surface area contributed by atoms with Crippen molar-refractivity contribution in [1.29, 1.82) is 0 Å². The van der Waals surface area contributed by atoms with Crippen LogP contribution in [0.2, 0.25) is 18.1 Å². The number of esters is 1. The smallest absolute Gasteiger partial charge is 0.321 e. The molecule has 154 valence electrons. The summed E-state index contributed by atoms with van der Waals surface area (Å²) in [5.74, 6) is -0.615. The Balaban J connectivity index is 2.30. The summed E-state index contributed by atoms with van der Waals surface area (Å²) in [5, 5.41) is 0.169. The summed E-state index contributed by atoms with van der Waals surface area (Å²) in [6.45, 7) is 17.9. The predicted molar refractivity (Wildman–Crippen MR) is 106 cm³/mol. The molecule has 1 rings (SSSR count). The summed E-state index contributed by atoms with van der Waals surface area (Å²) >= 11 is 0. The van der Waals surface area contributed by atoms with Crippen molar-refractivity contribution in [3.63, 3.8) is 0 Å². The average molecular weight is 409 g/mol. The van der Waals surface area contributed by atoms with Gasteiger partial charge in [0, 0.05) is 19.6 Å². The first-order chi connectivity index (χ1) is 11.5. The number of carbonyl (C=O) groups excluding carboxylic acids is 1. The molecule has 0 atom stereocenters. The lowest BCUT2D eigenvalue weighted by atomic mass is 10.2. The molecule has 0 bridgehead atoms. The molecule has 0 saturated carbocycles. The van der Waals surface area contributed by atoms with E-state index in [1.807, 2.05) is 0 Å². The van der Waals surface area contributed by atoms with Crippen LogP contribution >= 0.6 is 0 Å². The fourth-order valence-electron chi connectivity index (χ4n) is 2.24. The molecular weight excluding hydrogens is 372 g/mol. The lowest BCUT2D eigenvalue weighted by Crippen LogP contribution is -2.58. The van der Waals surface area contributed by atoms with Gasteiger partial charge in [-0.2, -0.15) is 0 Å². The van der Waals surface area contributed by atoms with Gasteiger partial charge in [-0.1, -0.05) is 20.8 Å². The summed E-state index contributed by atoms with van der Waals surface area (Å²) in [4.78, 5) is 13.7. The van der Waals surface area contributed by atoms with E-state index in [-0.39, 0.29) is 23.4 Å². The number of carbonyl (C=O) groups is 1. The van der Waals surface area contributed by atoms with E-state index in [2.05, 4.69) is 43.5 Å². The number of hydrogen-bond donors (Lipinski definition) is 1. The largest absolute Gasteiger partial charge is 0.459 e. The molecule has 7 nitrogen and oxygen atoms in total. The first-order valence-corrected chi connectivity index (χ1v) is 13.7. The van der Waals surface area contributed by atoms with E-state index in [1.54, 1.807) is 20.8 Å². The van der Waals surface area contributed by atoms with Crippen LogP contribution in [0.4, 0.5) is 0 Å². The first kappa shape index (κ1) is 23.6. The number of nitrogens with zero attached hydrogens (tertiary/aromatic N) is 1. The summed E-state index contributed by atoms with van der Waals surface area (Å²) in [7, 11) is -5.28. The van der Waals surface area contributed by atoms with Gasteiger partial charge in [-0.15, -0.1) is 0 Å². The standard InChI is InChI=1S/C17H36N2O5SSi/c1-16(2,3)23-15(20)11-18-25(21,22)10-9-19-12-14(13-19)24-26(7,8)17(4,5)6/h14,18H,9-13H2,1-8H3. The van der Waals surface area contributed by atoms with Crippen LogP contribution in [0.3, 0.4) is 0 Å². The highest BCUT2D eigenvalue weighted by molar-refractivity contribution is 7.89. The maximum absolute atomic E-state index is 12.0. The molecule has 0 unspecified atom stereocenters. The van der Waals surface area contributed by atoms with Gasteiger partial charge in [-0.25, -0.2) is 13.1 Å². The second-order valence-electron chi connectivity index (χ2n) is 9.49. The molecule has 0 radical (unpaired) electrons. The van der Waals surface area contributed by atoms with Crippen molar-refractivity contribution in [1.82, 2.24) is 9.62 Å². The Morgan fingerprint density at radius 3 is 2.15 bits per heavy atom. The number of nitrogens with one attached hydrogen (secondary N) is 1. The van der Waals surface area contributed by atoms with Crippen LogP contribution in [-0.4, -0.2) is 71.2 Å². The van der Waals surface area contributed by atoms with Crippen LogP contribution in [0.25, 0.3) is 0 Å². The second-order valence-corrected chi connectivity index (χ2v) is 16.2. The first-order valence-electron chi connectivity index (χ1n) is 9.10. The zero-order chi connectivity index (χ0) is 20.4. The molecule has 1 N–H and O–H groups in total. The zero-order valence-electron chi connectivity index (χ0n) is 17.5. The summed E-state index contributed by atoms with van der Waals surface area (Å²) in [6.07, 6.45) is 0.188. The van der Waals surface area contributed by atoms with Crippen molar-refractivity contribution in [2.45, 2.75) is 71.4 Å². The Morgan fingerprint density at radius 2 is 1.69 bits per heavy atom. The van der Waals surface area contributed by atoms with Crippen molar-refractivity contribution in [2.75, 3.05) is 31.9 Å². The van der Waals surface area contributed by atoms with Gasteiger partial charge in [0.05, 0.1) is 11.9 Å². The summed E-state index contributed by atoms with van der Waals surface area (Å²) in [6, 6.07) is 0. The maximum Gasteiger partial charge on any atom is 0.321 e. The van der Waals surface area contributed by atoms with Crippen LogP contribution in [0.15, 0.2) is 0 Å². The third kappa shape index (κ3) is 8.04. The minimum Gasteiger partial charge on any atom is -0.459 e. The third-order valence-corrected chi connectivity index (χ3v) is 10.6. The quantitative estimate of drug-likeness (QED) is 0.488. The van der Waals surface area contributed by atoms with Gasteiger partial charge in [0.15, 0.2) is 8.32 Å². The highest BCUT2D eigenvalue weighted by atomic mass is 32.2. The zero-order valence-corrected chi connectivity index (χ0v) is 19.3. The molecule has 0 amide bonds. The Hall–Kier alpha value is -0.483. The molecular formula is C17H36N2O5SSi. The van der Waals surface area contributed by atoms with Crippen LogP contribution in [0.5, 0.6) is 0 Å². The van der Waals surface area contributed by atoms with Gasteiger partial charge in [-0.05, 0) is 38.9 Å². The van der Waals surface area contributed by atoms with Crippen molar-refractivity contribution >= 4 is 24.3 Å². The molecule has 0 spiro atoms. The number of ether oxygens (including phenoxy) is 1. The molecule has 0 aromatic carbocycles. The fourth-order valence-corrected chi connectivity index (χ4v) is 4.56. The third-order valence-electron chi connectivity index (χ3n) is 4.72. The van der Waals surface area contributed by atoms with E-state index < -0.39 is 29.9 Å². The van der Waals surface area contributed by atoms with E-state index in [4.69, 9.17) is 9.16 Å². The van der Waals surface area contributed by atoms with Crippen molar-refractivity contribution < 1.29 is 22.4 Å². The minimum atomic E-state index is -3.50. The lowest BCUT2D eigenvalue weighted by molar-refractivity contribution is -0.153. The van der Waals surface area contributed by atoms with E-state index in [1.165, 1.54) is 0 Å². The van der Waals surface area contributed by atoms with Gasteiger partial charge in [0.2, 0.25) is 10.0 Å². The predicted octanol–water partition coefficient (Wildman–Crippen LogP) is 1.95. The fraction of sp³-hybridized carbons (Fsp3) is 0.941. The summed E-state index contributed by atoms with van der Waals surface area (Å²) in [5.41, 5.74) is -0.626. The Kier molecular flexibility index (Phi) is 7.48. The molecule has 1 saturated heterocycles. The lowest BCUT2D eigenvalue weighted by Gasteiger charge is -2.46. The molecule has 26 heavy (non-hydrogen) atoms. The molecule has 0 aliphatic carbocycles. The number of likely N-dealkylation sites (tertiary alicyclic amines) is 1. The van der Waals surface area contributed by atoms with Crippen molar-refractivity contribution in [3.8, 4) is 0 Å². The molecule has 1 aliphatic heterocycles. The van der Waals surface area contributed by atoms with Gasteiger partial charge in [0.25, 0.3) is 0 Å². The Labute approximate surface area is 160 Å². The molecule has 1 aliphatic rings. The SMILES string of the molecule is CC(C)(C)OC(=O)CNS(=O)(=O)CCN1CC(O[Si](C)(C)C(C)(C)C)C1. The normalized spacial score (nSPS) is 17.8. The Bertz CT molecular complexity index is 587. The van der Waals surface area contributed by atoms with Crippen LogP contribution in [-0.2, 0) is 24.0 Å². The second kappa shape index (κ2) is 8.26. The van der Waals surface area contributed by atoms with Crippen molar-refractivity contribution in [3.05, 3.63) is 0 Å². The molecule has 1 fully saturated rings. The van der Waals surface area contributed by atoms with Gasteiger partial charge in [0.1, 0.15) is 12.1 Å². The number of rotatable bonds is 8. The molecule has 1 heterocycles. The number of hydrogen-bond acceptors (Lipinski definition) is 6.